The number of hydrogen-bond acceptors (Lipinski definition) is 4. The lowest BCUT2D eigenvalue weighted by Crippen LogP contribution is -2.36. The molecule has 0 aromatic carbocycles. The maximum Gasteiger partial charge on any atom is 0.0897 e. The molecule has 0 saturated heterocycles. The molecule has 0 spiro atoms. The first kappa shape index (κ1) is 17.6. The van der Waals surface area contributed by atoms with Crippen LogP contribution in [0.1, 0.15) is 32.6 Å². The molecule has 0 bridgehead atoms. The molecule has 116 valence electrons. The van der Waals surface area contributed by atoms with Crippen LogP contribution in [-0.2, 0) is 11.3 Å². The van der Waals surface area contributed by atoms with Gasteiger partial charge < -0.3 is 15.2 Å². The minimum Gasteiger partial charge on any atom is -0.389 e. The quantitative estimate of drug-likeness (QED) is 0.697. The van der Waals surface area contributed by atoms with E-state index in [1.165, 1.54) is 4.88 Å². The fourth-order valence-electron chi connectivity index (χ4n) is 2.41. The van der Waals surface area contributed by atoms with E-state index in [0.29, 0.717) is 37.5 Å². The molecular weight excluding hydrogens is 270 g/mol. The molecular formula is C16H29NO2S. The van der Waals surface area contributed by atoms with Crippen molar-refractivity contribution in [3.05, 3.63) is 22.4 Å². The lowest BCUT2D eigenvalue weighted by atomic mass is 9.85. The van der Waals surface area contributed by atoms with Crippen LogP contribution in [0.25, 0.3) is 0 Å². The van der Waals surface area contributed by atoms with Gasteiger partial charge in [-0.3, -0.25) is 0 Å². The van der Waals surface area contributed by atoms with Gasteiger partial charge in [-0.15, -0.1) is 11.3 Å². The third kappa shape index (κ3) is 6.84. The van der Waals surface area contributed by atoms with Crippen molar-refractivity contribution < 1.29 is 9.84 Å². The highest BCUT2D eigenvalue weighted by Crippen LogP contribution is 2.19. The van der Waals surface area contributed by atoms with E-state index >= 15 is 0 Å². The van der Waals surface area contributed by atoms with Crippen molar-refractivity contribution in [2.45, 2.75) is 40.4 Å². The van der Waals surface area contributed by atoms with Gasteiger partial charge in [0.1, 0.15) is 0 Å². The van der Waals surface area contributed by atoms with Gasteiger partial charge in [0, 0.05) is 11.4 Å². The van der Waals surface area contributed by atoms with Crippen molar-refractivity contribution in [1.82, 2.24) is 5.32 Å². The summed E-state index contributed by atoms with van der Waals surface area (Å²) in [6.45, 7) is 11.6. The zero-order valence-corrected chi connectivity index (χ0v) is 14.0. The van der Waals surface area contributed by atoms with E-state index in [0.717, 1.165) is 6.54 Å². The zero-order chi connectivity index (χ0) is 15.0. The molecule has 2 N–H and O–H groups in total. The maximum atomic E-state index is 9.88. The van der Waals surface area contributed by atoms with Crippen molar-refractivity contribution in [2.24, 2.45) is 17.8 Å². The average Bonchev–Trinajstić information content (AvgIpc) is 2.86. The molecule has 0 fully saturated rings. The first-order valence-corrected chi connectivity index (χ1v) is 8.37. The highest BCUT2D eigenvalue weighted by atomic mass is 32.1. The monoisotopic (exact) mass is 299 g/mol. The highest BCUT2D eigenvalue weighted by molar-refractivity contribution is 7.09. The Labute approximate surface area is 127 Å². The number of thiophene rings is 1. The third-order valence-electron chi connectivity index (χ3n) is 3.61. The second-order valence-electron chi connectivity index (χ2n) is 6.06. The molecule has 1 unspecified atom stereocenters. The SMILES string of the molecule is CC(C)C(CNCC(O)COCc1cccs1)C(C)C. The predicted molar refractivity (Wildman–Crippen MR) is 86.0 cm³/mol. The van der Waals surface area contributed by atoms with Crippen LogP contribution in [0.3, 0.4) is 0 Å². The summed E-state index contributed by atoms with van der Waals surface area (Å²) in [6.07, 6.45) is -0.435. The van der Waals surface area contributed by atoms with Gasteiger partial charge in [-0.05, 0) is 35.7 Å². The summed E-state index contributed by atoms with van der Waals surface area (Å²) in [6, 6.07) is 4.06. The molecule has 0 saturated carbocycles. The number of ether oxygens (including phenoxy) is 1. The zero-order valence-electron chi connectivity index (χ0n) is 13.1. The van der Waals surface area contributed by atoms with E-state index in [1.54, 1.807) is 11.3 Å². The Kier molecular flexibility index (Phi) is 8.38. The Morgan fingerprint density at radius 3 is 2.45 bits per heavy atom. The molecule has 1 rings (SSSR count). The van der Waals surface area contributed by atoms with Crippen molar-refractivity contribution in [3.63, 3.8) is 0 Å². The molecule has 0 aliphatic carbocycles. The van der Waals surface area contributed by atoms with Crippen LogP contribution >= 0.6 is 11.3 Å². The molecule has 4 heteroatoms. The lowest BCUT2D eigenvalue weighted by Gasteiger charge is -2.25. The minimum absolute atomic E-state index is 0.388. The van der Waals surface area contributed by atoms with Gasteiger partial charge in [-0.2, -0.15) is 0 Å². The predicted octanol–water partition coefficient (Wildman–Crippen LogP) is 3.14. The Bertz CT molecular complexity index is 330. The molecule has 1 atom stereocenters. The molecule has 0 aliphatic heterocycles. The number of aliphatic hydroxyl groups excluding tert-OH is 1. The van der Waals surface area contributed by atoms with Gasteiger partial charge in [0.25, 0.3) is 0 Å². The second-order valence-corrected chi connectivity index (χ2v) is 7.09. The number of hydrogen-bond donors (Lipinski definition) is 2. The van der Waals surface area contributed by atoms with Crippen LogP contribution in [0.2, 0.25) is 0 Å². The Balaban J connectivity index is 2.11. The fourth-order valence-corrected chi connectivity index (χ4v) is 3.05. The number of aliphatic hydroxyl groups is 1. The average molecular weight is 299 g/mol. The number of nitrogens with one attached hydrogen (secondary N) is 1. The summed E-state index contributed by atoms with van der Waals surface area (Å²) in [5.41, 5.74) is 0. The van der Waals surface area contributed by atoms with Crippen molar-refractivity contribution in [1.29, 1.82) is 0 Å². The Hall–Kier alpha value is -0.420. The summed E-state index contributed by atoms with van der Waals surface area (Å²) in [4.78, 5) is 1.20. The third-order valence-corrected chi connectivity index (χ3v) is 4.46. The summed E-state index contributed by atoms with van der Waals surface area (Å²) >= 11 is 1.68. The normalized spacial score (nSPS) is 13.6. The van der Waals surface area contributed by atoms with Crippen molar-refractivity contribution >= 4 is 11.3 Å². The first-order valence-electron chi connectivity index (χ1n) is 7.49. The van der Waals surface area contributed by atoms with E-state index in [1.807, 2.05) is 17.5 Å². The van der Waals surface area contributed by atoms with Crippen LogP contribution in [0, 0.1) is 17.8 Å². The lowest BCUT2D eigenvalue weighted by molar-refractivity contribution is 0.0289. The van der Waals surface area contributed by atoms with Crippen molar-refractivity contribution in [2.75, 3.05) is 19.7 Å². The summed E-state index contributed by atoms with van der Waals surface area (Å²) < 4.78 is 5.51. The van der Waals surface area contributed by atoms with Gasteiger partial charge in [-0.25, -0.2) is 0 Å². The maximum absolute atomic E-state index is 9.88. The van der Waals surface area contributed by atoms with Crippen LogP contribution in [0.4, 0.5) is 0 Å². The molecule has 0 amide bonds. The van der Waals surface area contributed by atoms with E-state index in [2.05, 4.69) is 33.0 Å². The Morgan fingerprint density at radius 2 is 1.90 bits per heavy atom. The molecule has 0 aliphatic rings. The van der Waals surface area contributed by atoms with E-state index < -0.39 is 6.10 Å². The van der Waals surface area contributed by atoms with Crippen molar-refractivity contribution in [3.8, 4) is 0 Å². The van der Waals surface area contributed by atoms with Gasteiger partial charge in [-0.1, -0.05) is 33.8 Å². The molecule has 3 nitrogen and oxygen atoms in total. The first-order chi connectivity index (χ1) is 9.50. The largest absolute Gasteiger partial charge is 0.389 e. The standard InChI is InChI=1S/C16H29NO2S/c1-12(2)16(13(3)4)9-17-8-14(18)10-19-11-15-6-5-7-20-15/h5-7,12-14,16-18H,8-11H2,1-4H3. The van der Waals surface area contributed by atoms with Gasteiger partial charge in [0.05, 0.1) is 19.3 Å². The summed E-state index contributed by atoms with van der Waals surface area (Å²) in [7, 11) is 0. The molecule has 1 heterocycles. The summed E-state index contributed by atoms with van der Waals surface area (Å²) in [5.74, 6) is 1.97. The molecule has 0 radical (unpaired) electrons. The molecule has 1 aromatic rings. The number of rotatable bonds is 10. The smallest absolute Gasteiger partial charge is 0.0897 e. The van der Waals surface area contributed by atoms with Gasteiger partial charge >= 0.3 is 0 Å². The van der Waals surface area contributed by atoms with Gasteiger partial charge in [0.15, 0.2) is 0 Å². The fraction of sp³-hybridized carbons (Fsp3) is 0.750. The van der Waals surface area contributed by atoms with Crippen LogP contribution < -0.4 is 5.32 Å². The van der Waals surface area contributed by atoms with Crippen LogP contribution in [0.5, 0.6) is 0 Å². The summed E-state index contributed by atoms with van der Waals surface area (Å²) in [5, 5.41) is 15.3. The second kappa shape index (κ2) is 9.50. The van der Waals surface area contributed by atoms with E-state index in [9.17, 15) is 5.11 Å². The van der Waals surface area contributed by atoms with E-state index in [4.69, 9.17) is 4.74 Å². The van der Waals surface area contributed by atoms with Gasteiger partial charge in [0.2, 0.25) is 0 Å². The molecule has 1 aromatic heterocycles. The Morgan fingerprint density at radius 1 is 1.20 bits per heavy atom. The minimum atomic E-state index is -0.435. The van der Waals surface area contributed by atoms with Crippen LogP contribution in [-0.4, -0.2) is 30.9 Å². The highest BCUT2D eigenvalue weighted by Gasteiger charge is 2.17. The topological polar surface area (TPSA) is 41.5 Å². The van der Waals surface area contributed by atoms with Crippen LogP contribution in [0.15, 0.2) is 17.5 Å². The molecule has 20 heavy (non-hydrogen) atoms. The van der Waals surface area contributed by atoms with E-state index in [-0.39, 0.29) is 0 Å².